The molecule has 6 nitrogen and oxygen atoms in total. The Kier molecular flexibility index (Phi) is 3.40. The summed E-state index contributed by atoms with van der Waals surface area (Å²) in [5.41, 5.74) is 0.649. The van der Waals surface area contributed by atoms with E-state index in [4.69, 9.17) is 9.47 Å². The van der Waals surface area contributed by atoms with E-state index in [1.807, 2.05) is 0 Å². The lowest BCUT2D eigenvalue weighted by Crippen LogP contribution is -2.28. The summed E-state index contributed by atoms with van der Waals surface area (Å²) in [5.74, 6) is 0.587. The zero-order valence-electron chi connectivity index (χ0n) is 13.5. The monoisotopic (exact) mass is 326 g/mol. The molecule has 0 N–H and O–H groups in total. The van der Waals surface area contributed by atoms with Crippen molar-refractivity contribution in [2.24, 2.45) is 28.8 Å². The maximum atomic E-state index is 12.6. The second-order valence-electron chi connectivity index (χ2n) is 6.32. The number of allylic oxidation sites excluding steroid dienone is 2. The zero-order chi connectivity index (χ0) is 16.8. The number of methoxy groups -OCH3 is 2. The van der Waals surface area contributed by atoms with Crippen molar-refractivity contribution in [1.29, 1.82) is 0 Å². The molecule has 4 atom stereocenters. The van der Waals surface area contributed by atoms with Gasteiger partial charge in [0.2, 0.25) is 0 Å². The van der Waals surface area contributed by atoms with Gasteiger partial charge in [-0.2, -0.15) is 10.1 Å². The van der Waals surface area contributed by atoms with Crippen LogP contribution in [0.25, 0.3) is 0 Å². The highest BCUT2D eigenvalue weighted by molar-refractivity contribution is 6.07. The third-order valence-electron chi connectivity index (χ3n) is 5.19. The highest BCUT2D eigenvalue weighted by Gasteiger charge is 2.59. The van der Waals surface area contributed by atoms with E-state index in [-0.39, 0.29) is 35.5 Å². The van der Waals surface area contributed by atoms with E-state index < -0.39 is 0 Å². The van der Waals surface area contributed by atoms with Crippen molar-refractivity contribution in [2.75, 3.05) is 14.2 Å². The number of hydrogen-bond donors (Lipinski definition) is 0. The Bertz CT molecular complexity index is 740. The van der Waals surface area contributed by atoms with Gasteiger partial charge < -0.3 is 9.47 Å². The van der Waals surface area contributed by atoms with Crippen LogP contribution in [0.4, 0.5) is 0 Å². The normalized spacial score (nSPS) is 30.5. The first-order valence-electron chi connectivity index (χ1n) is 7.96. The van der Waals surface area contributed by atoms with E-state index in [1.165, 1.54) is 13.3 Å². The molecule has 124 valence electrons. The highest BCUT2D eigenvalue weighted by Crippen LogP contribution is 2.52. The second-order valence-corrected chi connectivity index (χ2v) is 6.32. The maximum Gasteiger partial charge on any atom is 0.254 e. The van der Waals surface area contributed by atoms with Gasteiger partial charge in [-0.25, -0.2) is 0 Å². The van der Waals surface area contributed by atoms with Crippen molar-refractivity contribution in [2.45, 2.75) is 6.42 Å². The molecule has 2 fully saturated rings. The first-order valence-corrected chi connectivity index (χ1v) is 7.96. The van der Waals surface area contributed by atoms with Crippen LogP contribution < -0.4 is 9.47 Å². The lowest BCUT2D eigenvalue weighted by Gasteiger charge is -2.13. The van der Waals surface area contributed by atoms with Crippen molar-refractivity contribution < 1.29 is 19.1 Å². The number of benzene rings is 1. The molecule has 1 aromatic carbocycles. The molecular formula is C18H18N2O4. The van der Waals surface area contributed by atoms with Crippen LogP contribution in [-0.2, 0) is 9.59 Å². The molecule has 1 aliphatic heterocycles. The highest BCUT2D eigenvalue weighted by atomic mass is 16.5. The predicted octanol–water partition coefficient (Wildman–Crippen LogP) is 1.84. The van der Waals surface area contributed by atoms with Crippen molar-refractivity contribution in [3.63, 3.8) is 0 Å². The van der Waals surface area contributed by atoms with Crippen LogP contribution in [0.1, 0.15) is 12.0 Å². The van der Waals surface area contributed by atoms with Gasteiger partial charge in [0, 0.05) is 5.56 Å². The molecule has 1 saturated carbocycles. The third kappa shape index (κ3) is 1.99. The molecule has 24 heavy (non-hydrogen) atoms. The van der Waals surface area contributed by atoms with Crippen LogP contribution in [0.5, 0.6) is 11.5 Å². The Labute approximate surface area is 139 Å². The molecule has 0 unspecified atom stereocenters. The van der Waals surface area contributed by atoms with Gasteiger partial charge in [0.1, 0.15) is 0 Å². The number of amides is 2. The van der Waals surface area contributed by atoms with Crippen LogP contribution in [0.15, 0.2) is 35.5 Å². The van der Waals surface area contributed by atoms with Gasteiger partial charge in [0.05, 0.1) is 32.3 Å². The number of hydrazone groups is 1. The molecule has 0 aromatic heterocycles. The van der Waals surface area contributed by atoms with Crippen LogP contribution in [0.3, 0.4) is 0 Å². The molecule has 3 aliphatic rings. The van der Waals surface area contributed by atoms with E-state index in [0.717, 1.165) is 11.4 Å². The summed E-state index contributed by atoms with van der Waals surface area (Å²) in [4.78, 5) is 25.2. The average molecular weight is 326 g/mol. The number of carbonyl (C=O) groups excluding carboxylic acids is 2. The smallest absolute Gasteiger partial charge is 0.254 e. The Hall–Kier alpha value is -2.63. The molecule has 2 amide bonds. The fourth-order valence-electron chi connectivity index (χ4n) is 4.13. The largest absolute Gasteiger partial charge is 0.493 e. The first-order chi connectivity index (χ1) is 11.7. The summed E-state index contributed by atoms with van der Waals surface area (Å²) in [5, 5.41) is 5.19. The Balaban J connectivity index is 1.62. The van der Waals surface area contributed by atoms with Gasteiger partial charge in [0.15, 0.2) is 11.5 Å². The fraction of sp³-hybridized carbons (Fsp3) is 0.389. The van der Waals surface area contributed by atoms with E-state index >= 15 is 0 Å². The number of hydrogen-bond acceptors (Lipinski definition) is 5. The molecule has 4 rings (SSSR count). The van der Waals surface area contributed by atoms with Crippen molar-refractivity contribution >= 4 is 18.0 Å². The Morgan fingerprint density at radius 2 is 1.75 bits per heavy atom. The Morgan fingerprint density at radius 3 is 2.33 bits per heavy atom. The lowest BCUT2D eigenvalue weighted by atomic mass is 9.85. The minimum absolute atomic E-state index is 0.183. The van der Waals surface area contributed by atoms with Crippen LogP contribution in [0.2, 0.25) is 0 Å². The van der Waals surface area contributed by atoms with E-state index in [9.17, 15) is 9.59 Å². The minimum atomic E-state index is -0.239. The third-order valence-corrected chi connectivity index (χ3v) is 5.19. The number of ether oxygens (including phenoxy) is 2. The van der Waals surface area contributed by atoms with Gasteiger partial charge in [0.25, 0.3) is 11.8 Å². The molecule has 2 aliphatic carbocycles. The SMILES string of the molecule is COc1cccc(/C=N\N2C(=O)[C@@H]3[C@H](C2=O)[C@@H]2C=C[C@H]3C2)c1OC. The summed E-state index contributed by atoms with van der Waals surface area (Å²) in [7, 11) is 3.09. The molecule has 1 heterocycles. The lowest BCUT2D eigenvalue weighted by molar-refractivity contribution is -0.140. The van der Waals surface area contributed by atoms with E-state index in [1.54, 1.807) is 25.3 Å². The summed E-state index contributed by atoms with van der Waals surface area (Å²) in [6, 6.07) is 5.37. The minimum Gasteiger partial charge on any atom is -0.493 e. The van der Waals surface area contributed by atoms with Gasteiger partial charge >= 0.3 is 0 Å². The average Bonchev–Trinajstić information content (AvgIpc) is 3.27. The predicted molar refractivity (Wildman–Crippen MR) is 86.7 cm³/mol. The van der Waals surface area contributed by atoms with E-state index in [0.29, 0.717) is 17.1 Å². The number of imide groups is 1. The standard InChI is InChI=1S/C18H18N2O4/c1-23-13-5-3-4-12(16(13)24-2)9-19-20-17(21)14-10-6-7-11(8-10)15(14)18(20)22/h3-7,9-11,14-15H,8H2,1-2H3/b19-9-/t10-,11+,14-,15+. The van der Waals surface area contributed by atoms with Crippen LogP contribution in [-0.4, -0.2) is 37.3 Å². The molecule has 1 aromatic rings. The summed E-state index contributed by atoms with van der Waals surface area (Å²) >= 11 is 0. The molecule has 2 bridgehead atoms. The van der Waals surface area contributed by atoms with Crippen molar-refractivity contribution in [3.05, 3.63) is 35.9 Å². The van der Waals surface area contributed by atoms with Crippen LogP contribution >= 0.6 is 0 Å². The molecular weight excluding hydrogens is 308 g/mol. The van der Waals surface area contributed by atoms with Gasteiger partial charge in [-0.3, -0.25) is 9.59 Å². The number of para-hydroxylation sites is 1. The summed E-state index contributed by atoms with van der Waals surface area (Å²) in [6.07, 6.45) is 6.52. The van der Waals surface area contributed by atoms with Crippen molar-refractivity contribution in [3.8, 4) is 11.5 Å². The summed E-state index contributed by atoms with van der Waals surface area (Å²) in [6.45, 7) is 0. The second kappa shape index (κ2) is 5.47. The van der Waals surface area contributed by atoms with Gasteiger partial charge in [-0.15, -0.1) is 0 Å². The number of rotatable bonds is 4. The molecule has 1 saturated heterocycles. The van der Waals surface area contributed by atoms with Gasteiger partial charge in [-0.1, -0.05) is 18.2 Å². The van der Waals surface area contributed by atoms with E-state index in [2.05, 4.69) is 17.3 Å². The van der Waals surface area contributed by atoms with Gasteiger partial charge in [-0.05, 0) is 30.4 Å². The summed E-state index contributed by atoms with van der Waals surface area (Å²) < 4.78 is 10.6. The molecule has 0 spiro atoms. The first kappa shape index (κ1) is 14.9. The number of carbonyl (C=O) groups is 2. The molecule has 0 radical (unpaired) electrons. The molecule has 6 heteroatoms. The topological polar surface area (TPSA) is 68.2 Å². The Morgan fingerprint density at radius 1 is 1.08 bits per heavy atom. The quantitative estimate of drug-likeness (QED) is 0.481. The number of fused-ring (bicyclic) bond motifs is 5. The van der Waals surface area contributed by atoms with Crippen molar-refractivity contribution in [1.82, 2.24) is 5.01 Å². The number of nitrogens with zero attached hydrogens (tertiary/aromatic N) is 2. The maximum absolute atomic E-state index is 12.6. The fourth-order valence-corrected chi connectivity index (χ4v) is 4.13. The van der Waals surface area contributed by atoms with Crippen LogP contribution in [0, 0.1) is 23.7 Å². The zero-order valence-corrected chi connectivity index (χ0v) is 13.5.